The van der Waals surface area contributed by atoms with Gasteiger partial charge in [-0.25, -0.2) is 0 Å². The molecule has 78 valence electrons. The molecule has 0 saturated heterocycles. The Morgan fingerprint density at radius 3 is 2.43 bits per heavy atom. The van der Waals surface area contributed by atoms with Crippen LogP contribution in [0.3, 0.4) is 0 Å². The molecule has 0 radical (unpaired) electrons. The highest BCUT2D eigenvalue weighted by atomic mass is 35.5. The number of ether oxygens (including phenoxy) is 2. The number of halogens is 1. The van der Waals surface area contributed by atoms with Crippen LogP contribution in [0.25, 0.3) is 0 Å². The van der Waals surface area contributed by atoms with Crippen molar-refractivity contribution in [1.29, 1.82) is 0 Å². The van der Waals surface area contributed by atoms with Gasteiger partial charge in [-0.2, -0.15) is 0 Å². The van der Waals surface area contributed by atoms with Crippen molar-refractivity contribution >= 4 is 11.6 Å². The maximum absolute atomic E-state index is 9.44. The summed E-state index contributed by atoms with van der Waals surface area (Å²) in [6.45, 7) is 4.74. The van der Waals surface area contributed by atoms with Crippen LogP contribution in [0.4, 0.5) is 0 Å². The minimum atomic E-state index is -0.0268. The van der Waals surface area contributed by atoms with Crippen molar-refractivity contribution < 1.29 is 14.6 Å². The SMILES string of the molecule is CCOc1cc(O)c(Cl)c(OCC)c1. The maximum Gasteiger partial charge on any atom is 0.145 e. The van der Waals surface area contributed by atoms with E-state index in [1.54, 1.807) is 6.07 Å². The summed E-state index contributed by atoms with van der Waals surface area (Å²) in [6, 6.07) is 3.13. The summed E-state index contributed by atoms with van der Waals surface area (Å²) in [6.07, 6.45) is 0. The van der Waals surface area contributed by atoms with E-state index in [0.717, 1.165) is 0 Å². The Balaban J connectivity index is 3.01. The Morgan fingerprint density at radius 2 is 1.86 bits per heavy atom. The van der Waals surface area contributed by atoms with Crippen LogP contribution in [-0.4, -0.2) is 18.3 Å². The molecule has 1 aromatic rings. The minimum absolute atomic E-state index is 0.0268. The summed E-state index contributed by atoms with van der Waals surface area (Å²) < 4.78 is 10.5. The first-order valence-electron chi connectivity index (χ1n) is 4.47. The average Bonchev–Trinajstić information content (AvgIpc) is 2.14. The molecule has 0 saturated carbocycles. The van der Waals surface area contributed by atoms with E-state index in [-0.39, 0.29) is 10.8 Å². The normalized spacial score (nSPS) is 9.93. The molecule has 0 fully saturated rings. The first-order chi connectivity index (χ1) is 6.69. The van der Waals surface area contributed by atoms with E-state index in [2.05, 4.69) is 0 Å². The van der Waals surface area contributed by atoms with Crippen LogP contribution in [0.5, 0.6) is 17.2 Å². The molecule has 1 aromatic carbocycles. The van der Waals surface area contributed by atoms with E-state index in [4.69, 9.17) is 21.1 Å². The number of benzene rings is 1. The third kappa shape index (κ3) is 2.45. The van der Waals surface area contributed by atoms with E-state index < -0.39 is 0 Å². The molecule has 14 heavy (non-hydrogen) atoms. The molecule has 3 nitrogen and oxygen atoms in total. The molecule has 0 aliphatic heterocycles. The summed E-state index contributed by atoms with van der Waals surface area (Å²) in [4.78, 5) is 0. The van der Waals surface area contributed by atoms with Gasteiger partial charge in [0, 0.05) is 12.1 Å². The van der Waals surface area contributed by atoms with Crippen LogP contribution in [0.15, 0.2) is 12.1 Å². The summed E-state index contributed by atoms with van der Waals surface area (Å²) in [7, 11) is 0. The van der Waals surface area contributed by atoms with Gasteiger partial charge in [0.1, 0.15) is 22.3 Å². The number of aromatic hydroxyl groups is 1. The fourth-order valence-corrected chi connectivity index (χ4v) is 1.23. The Bertz CT molecular complexity index is 312. The van der Waals surface area contributed by atoms with Gasteiger partial charge in [-0.15, -0.1) is 0 Å². The Labute approximate surface area is 88.2 Å². The predicted octanol–water partition coefficient (Wildman–Crippen LogP) is 2.84. The van der Waals surface area contributed by atoms with E-state index in [1.807, 2.05) is 13.8 Å². The van der Waals surface area contributed by atoms with Crippen LogP contribution >= 0.6 is 11.6 Å². The molecular formula is C10H13ClO3. The van der Waals surface area contributed by atoms with Gasteiger partial charge in [0.05, 0.1) is 13.2 Å². The van der Waals surface area contributed by atoms with Gasteiger partial charge in [0.25, 0.3) is 0 Å². The summed E-state index contributed by atoms with van der Waals surface area (Å²) in [5.74, 6) is 0.969. The molecule has 1 rings (SSSR count). The predicted molar refractivity (Wildman–Crippen MR) is 55.5 cm³/mol. The number of phenolic OH excluding ortho intramolecular Hbond substituents is 1. The van der Waals surface area contributed by atoms with Crippen LogP contribution in [0, 0.1) is 0 Å². The van der Waals surface area contributed by atoms with Crippen LogP contribution in [0.1, 0.15) is 13.8 Å². The Hall–Kier alpha value is -1.09. The highest BCUT2D eigenvalue weighted by Crippen LogP contribution is 2.37. The Morgan fingerprint density at radius 1 is 1.21 bits per heavy atom. The second kappa shape index (κ2) is 4.96. The largest absolute Gasteiger partial charge is 0.506 e. The fourth-order valence-electron chi connectivity index (χ4n) is 1.07. The third-order valence-corrected chi connectivity index (χ3v) is 1.98. The molecule has 0 bridgehead atoms. The fraction of sp³-hybridized carbons (Fsp3) is 0.400. The topological polar surface area (TPSA) is 38.7 Å². The van der Waals surface area contributed by atoms with E-state index in [9.17, 15) is 5.11 Å². The van der Waals surface area contributed by atoms with Gasteiger partial charge < -0.3 is 14.6 Å². The average molecular weight is 217 g/mol. The minimum Gasteiger partial charge on any atom is -0.506 e. The zero-order chi connectivity index (χ0) is 10.6. The molecule has 0 amide bonds. The number of rotatable bonds is 4. The van der Waals surface area contributed by atoms with Crippen LogP contribution in [-0.2, 0) is 0 Å². The van der Waals surface area contributed by atoms with Crippen LogP contribution in [0.2, 0.25) is 5.02 Å². The second-order valence-corrected chi connectivity index (χ2v) is 3.00. The van der Waals surface area contributed by atoms with E-state index >= 15 is 0 Å². The number of hydrogen-bond donors (Lipinski definition) is 1. The van der Waals surface area contributed by atoms with Crippen molar-refractivity contribution in [2.45, 2.75) is 13.8 Å². The number of hydrogen-bond acceptors (Lipinski definition) is 3. The molecule has 0 aliphatic rings. The van der Waals surface area contributed by atoms with Gasteiger partial charge in [-0.05, 0) is 13.8 Å². The van der Waals surface area contributed by atoms with Gasteiger partial charge in [0.15, 0.2) is 0 Å². The van der Waals surface area contributed by atoms with E-state index in [1.165, 1.54) is 6.07 Å². The molecule has 1 N–H and O–H groups in total. The summed E-state index contributed by atoms with van der Waals surface area (Å²) in [5.41, 5.74) is 0. The van der Waals surface area contributed by atoms with Crippen molar-refractivity contribution in [1.82, 2.24) is 0 Å². The van der Waals surface area contributed by atoms with Crippen molar-refractivity contribution in [2.24, 2.45) is 0 Å². The lowest BCUT2D eigenvalue weighted by Gasteiger charge is -2.10. The highest BCUT2D eigenvalue weighted by molar-refractivity contribution is 6.33. The first kappa shape index (κ1) is 11.0. The molecule has 0 aliphatic carbocycles. The van der Waals surface area contributed by atoms with Crippen LogP contribution < -0.4 is 9.47 Å². The standard InChI is InChI=1S/C10H13ClO3/c1-3-13-7-5-8(12)10(11)9(6-7)14-4-2/h5-6,12H,3-4H2,1-2H3. The Kier molecular flexibility index (Phi) is 3.89. The molecule has 0 spiro atoms. The van der Waals surface area contributed by atoms with Gasteiger partial charge in [-0.1, -0.05) is 11.6 Å². The van der Waals surface area contributed by atoms with Crippen molar-refractivity contribution in [3.05, 3.63) is 17.2 Å². The second-order valence-electron chi connectivity index (χ2n) is 2.62. The zero-order valence-electron chi connectivity index (χ0n) is 8.21. The molecule has 4 heteroatoms. The van der Waals surface area contributed by atoms with E-state index in [0.29, 0.717) is 24.7 Å². The molecule has 0 unspecified atom stereocenters. The van der Waals surface area contributed by atoms with Crippen molar-refractivity contribution in [3.63, 3.8) is 0 Å². The third-order valence-electron chi connectivity index (χ3n) is 1.60. The van der Waals surface area contributed by atoms with Gasteiger partial charge in [-0.3, -0.25) is 0 Å². The maximum atomic E-state index is 9.44. The number of phenols is 1. The summed E-state index contributed by atoms with van der Waals surface area (Å²) >= 11 is 5.81. The molecule has 0 heterocycles. The summed E-state index contributed by atoms with van der Waals surface area (Å²) in [5, 5.41) is 9.66. The molecule has 0 atom stereocenters. The first-order valence-corrected chi connectivity index (χ1v) is 4.85. The quantitative estimate of drug-likeness (QED) is 0.841. The highest BCUT2D eigenvalue weighted by Gasteiger charge is 2.09. The smallest absolute Gasteiger partial charge is 0.145 e. The molecular weight excluding hydrogens is 204 g/mol. The lowest BCUT2D eigenvalue weighted by molar-refractivity contribution is 0.319. The van der Waals surface area contributed by atoms with Gasteiger partial charge in [0.2, 0.25) is 0 Å². The zero-order valence-corrected chi connectivity index (χ0v) is 8.97. The van der Waals surface area contributed by atoms with Crippen molar-refractivity contribution in [3.8, 4) is 17.2 Å². The lowest BCUT2D eigenvalue weighted by Crippen LogP contribution is -1.95. The van der Waals surface area contributed by atoms with Gasteiger partial charge >= 0.3 is 0 Å². The van der Waals surface area contributed by atoms with Crippen molar-refractivity contribution in [2.75, 3.05) is 13.2 Å². The molecule has 0 aromatic heterocycles. The lowest BCUT2D eigenvalue weighted by atomic mass is 10.3. The monoisotopic (exact) mass is 216 g/mol.